The molecule has 1 amide bonds. The second-order valence-electron chi connectivity index (χ2n) is 2.88. The standard InChI is InChI=1S/C7H13NO2S/c1-7(9)8-3-5-11(2,10)6-4-8/h2-6H2,1H3. The quantitative estimate of drug-likeness (QED) is 0.468. The van der Waals surface area contributed by atoms with Crippen molar-refractivity contribution in [3.63, 3.8) is 0 Å². The van der Waals surface area contributed by atoms with Crippen molar-refractivity contribution in [3.05, 3.63) is 0 Å². The Kier molecular flexibility index (Phi) is 2.23. The summed E-state index contributed by atoms with van der Waals surface area (Å²) < 4.78 is 11.3. The van der Waals surface area contributed by atoms with Crippen LogP contribution in [0.4, 0.5) is 0 Å². The van der Waals surface area contributed by atoms with E-state index in [0.29, 0.717) is 24.6 Å². The number of hydrogen-bond donors (Lipinski definition) is 0. The zero-order valence-corrected chi connectivity index (χ0v) is 7.52. The van der Waals surface area contributed by atoms with Crippen molar-refractivity contribution in [2.24, 2.45) is 0 Å². The third kappa shape index (κ3) is 2.22. The van der Waals surface area contributed by atoms with E-state index in [-0.39, 0.29) is 5.91 Å². The van der Waals surface area contributed by atoms with Gasteiger partial charge in [0, 0.05) is 31.5 Å². The minimum atomic E-state index is -1.84. The lowest BCUT2D eigenvalue weighted by atomic mass is 10.5. The van der Waals surface area contributed by atoms with E-state index in [2.05, 4.69) is 5.87 Å². The van der Waals surface area contributed by atoms with Crippen molar-refractivity contribution < 1.29 is 9.00 Å². The molecule has 3 nitrogen and oxygen atoms in total. The van der Waals surface area contributed by atoms with Crippen molar-refractivity contribution in [2.45, 2.75) is 6.92 Å². The van der Waals surface area contributed by atoms with E-state index in [1.165, 1.54) is 6.92 Å². The predicted molar refractivity (Wildman–Crippen MR) is 47.3 cm³/mol. The second-order valence-corrected chi connectivity index (χ2v) is 5.63. The van der Waals surface area contributed by atoms with Crippen LogP contribution < -0.4 is 0 Å². The summed E-state index contributed by atoms with van der Waals surface area (Å²) in [5.41, 5.74) is 0. The zero-order valence-electron chi connectivity index (χ0n) is 6.71. The summed E-state index contributed by atoms with van der Waals surface area (Å²) in [5, 5.41) is 0. The van der Waals surface area contributed by atoms with Crippen LogP contribution in [0.5, 0.6) is 0 Å². The Morgan fingerprint density at radius 1 is 1.45 bits per heavy atom. The van der Waals surface area contributed by atoms with Gasteiger partial charge in [0.25, 0.3) is 0 Å². The smallest absolute Gasteiger partial charge is 0.219 e. The van der Waals surface area contributed by atoms with Crippen molar-refractivity contribution in [3.8, 4) is 0 Å². The van der Waals surface area contributed by atoms with Crippen LogP contribution >= 0.6 is 0 Å². The molecule has 0 N–H and O–H groups in total. The molecule has 0 saturated carbocycles. The molecule has 0 aromatic rings. The lowest BCUT2D eigenvalue weighted by Gasteiger charge is -2.27. The van der Waals surface area contributed by atoms with Gasteiger partial charge >= 0.3 is 0 Å². The molecule has 0 spiro atoms. The van der Waals surface area contributed by atoms with Crippen molar-refractivity contribution in [1.82, 2.24) is 4.90 Å². The minimum absolute atomic E-state index is 0.0694. The van der Waals surface area contributed by atoms with Gasteiger partial charge in [0.15, 0.2) is 0 Å². The Labute approximate surface area is 67.4 Å². The van der Waals surface area contributed by atoms with E-state index in [0.717, 1.165) is 0 Å². The number of hydrogen-bond acceptors (Lipinski definition) is 2. The van der Waals surface area contributed by atoms with Gasteiger partial charge in [-0.1, -0.05) is 0 Å². The molecule has 0 atom stereocenters. The highest BCUT2D eigenvalue weighted by atomic mass is 32.2. The summed E-state index contributed by atoms with van der Waals surface area (Å²) in [4.78, 5) is 12.5. The molecule has 0 aromatic carbocycles. The summed E-state index contributed by atoms with van der Waals surface area (Å²) in [6, 6.07) is 0. The number of carbonyl (C=O) groups excluding carboxylic acids is 1. The third-order valence-corrected chi connectivity index (χ3v) is 3.76. The van der Waals surface area contributed by atoms with Crippen LogP contribution in [0.2, 0.25) is 0 Å². The minimum Gasteiger partial charge on any atom is -0.341 e. The Morgan fingerprint density at radius 2 is 1.91 bits per heavy atom. The molecule has 11 heavy (non-hydrogen) atoms. The number of rotatable bonds is 0. The SMILES string of the molecule is C=S1(=O)CCN(C(C)=O)CC1. The molecule has 1 aliphatic heterocycles. The van der Waals surface area contributed by atoms with Gasteiger partial charge in [-0.25, -0.2) is 0 Å². The first-order valence-electron chi connectivity index (χ1n) is 3.59. The molecule has 0 bridgehead atoms. The van der Waals surface area contributed by atoms with Gasteiger partial charge in [-0.05, 0) is 15.4 Å². The van der Waals surface area contributed by atoms with Gasteiger partial charge in [-0.15, -0.1) is 0 Å². The molecular formula is C7H13NO2S. The van der Waals surface area contributed by atoms with Gasteiger partial charge < -0.3 is 4.90 Å². The fourth-order valence-corrected chi connectivity index (χ4v) is 2.39. The summed E-state index contributed by atoms with van der Waals surface area (Å²) in [5.74, 6) is 4.81. The Morgan fingerprint density at radius 3 is 2.27 bits per heavy atom. The Hall–Kier alpha value is -0.510. The summed E-state index contributed by atoms with van der Waals surface area (Å²) in [7, 11) is -1.84. The number of carbonyl (C=O) groups is 1. The van der Waals surface area contributed by atoms with Crippen LogP contribution in [0, 0.1) is 0 Å². The second kappa shape index (κ2) is 2.85. The number of nitrogens with zero attached hydrogens (tertiary/aromatic N) is 1. The average Bonchev–Trinajstić information content (AvgIpc) is 1.86. The van der Waals surface area contributed by atoms with E-state index in [1.54, 1.807) is 4.90 Å². The van der Waals surface area contributed by atoms with Gasteiger partial charge in [0.05, 0.1) is 0 Å². The van der Waals surface area contributed by atoms with E-state index in [4.69, 9.17) is 0 Å². The molecular weight excluding hydrogens is 162 g/mol. The molecule has 0 unspecified atom stereocenters. The van der Waals surface area contributed by atoms with Crippen LogP contribution in [-0.4, -0.2) is 45.5 Å². The first kappa shape index (κ1) is 8.59. The first-order valence-corrected chi connectivity index (χ1v) is 5.66. The molecule has 1 rings (SSSR count). The van der Waals surface area contributed by atoms with Crippen LogP contribution in [0.15, 0.2) is 0 Å². The molecule has 0 aliphatic carbocycles. The first-order chi connectivity index (χ1) is 5.01. The topological polar surface area (TPSA) is 37.4 Å². The van der Waals surface area contributed by atoms with E-state index >= 15 is 0 Å². The van der Waals surface area contributed by atoms with Crippen LogP contribution in [-0.2, 0) is 14.3 Å². The summed E-state index contributed by atoms with van der Waals surface area (Å²) >= 11 is 0. The maximum absolute atomic E-state index is 11.3. The fraction of sp³-hybridized carbons (Fsp3) is 0.714. The molecule has 64 valence electrons. The number of amides is 1. The average molecular weight is 175 g/mol. The summed E-state index contributed by atoms with van der Waals surface area (Å²) in [6.07, 6.45) is 0. The zero-order chi connectivity index (χ0) is 8.48. The monoisotopic (exact) mass is 175 g/mol. The molecule has 1 heterocycles. The van der Waals surface area contributed by atoms with E-state index in [1.807, 2.05) is 0 Å². The van der Waals surface area contributed by atoms with E-state index in [9.17, 15) is 9.00 Å². The highest BCUT2D eigenvalue weighted by molar-refractivity contribution is 8.00. The highest BCUT2D eigenvalue weighted by Gasteiger charge is 2.18. The molecule has 0 aromatic heterocycles. The largest absolute Gasteiger partial charge is 0.341 e. The third-order valence-electron chi connectivity index (χ3n) is 1.91. The van der Waals surface area contributed by atoms with Crippen molar-refractivity contribution in [2.75, 3.05) is 24.6 Å². The Bertz CT molecular complexity index is 242. The molecule has 1 aliphatic rings. The maximum Gasteiger partial charge on any atom is 0.219 e. The predicted octanol–water partition coefficient (Wildman–Crippen LogP) is -0.435. The van der Waals surface area contributed by atoms with Crippen molar-refractivity contribution in [1.29, 1.82) is 0 Å². The van der Waals surface area contributed by atoms with Gasteiger partial charge in [-0.3, -0.25) is 9.00 Å². The van der Waals surface area contributed by atoms with Crippen LogP contribution in [0.25, 0.3) is 0 Å². The molecule has 4 heteroatoms. The summed E-state index contributed by atoms with van der Waals surface area (Å²) in [6.45, 7) is 2.76. The van der Waals surface area contributed by atoms with Crippen LogP contribution in [0.1, 0.15) is 6.92 Å². The lowest BCUT2D eigenvalue weighted by Crippen LogP contribution is -2.42. The molecule has 1 saturated heterocycles. The molecule has 1 fully saturated rings. The van der Waals surface area contributed by atoms with Crippen molar-refractivity contribution >= 4 is 21.3 Å². The maximum atomic E-state index is 11.3. The lowest BCUT2D eigenvalue weighted by molar-refractivity contribution is -0.128. The fourth-order valence-electron chi connectivity index (χ4n) is 1.08. The van der Waals surface area contributed by atoms with Crippen LogP contribution in [0.3, 0.4) is 0 Å². The van der Waals surface area contributed by atoms with Gasteiger partial charge in [-0.2, -0.15) is 0 Å². The van der Waals surface area contributed by atoms with Gasteiger partial charge in [0.1, 0.15) is 0 Å². The van der Waals surface area contributed by atoms with E-state index < -0.39 is 9.52 Å². The van der Waals surface area contributed by atoms with Gasteiger partial charge in [0.2, 0.25) is 5.91 Å². The molecule has 0 radical (unpaired) electrons. The normalized spacial score (nSPS) is 23.2. The highest BCUT2D eigenvalue weighted by Crippen LogP contribution is 2.02. The Balaban J connectivity index is 2.56.